The molecule has 0 saturated heterocycles. The molecule has 29 heavy (non-hydrogen) atoms. The van der Waals surface area contributed by atoms with Crippen LogP contribution in [-0.4, -0.2) is 32.7 Å². The Kier molecular flexibility index (Phi) is 8.07. The van der Waals surface area contributed by atoms with Crippen molar-refractivity contribution in [2.75, 3.05) is 26.1 Å². The molecule has 1 amide bonds. The van der Waals surface area contributed by atoms with E-state index in [-0.39, 0.29) is 23.0 Å². The van der Waals surface area contributed by atoms with Crippen LogP contribution in [0.15, 0.2) is 46.4 Å². The summed E-state index contributed by atoms with van der Waals surface area (Å²) in [4.78, 5) is 23.6. The lowest BCUT2D eigenvalue weighted by Crippen LogP contribution is -2.13. The Labute approximate surface area is 180 Å². The van der Waals surface area contributed by atoms with Gasteiger partial charge < -0.3 is 19.5 Å². The minimum Gasteiger partial charge on any atom is -0.497 e. The second-order valence-corrected chi connectivity index (χ2v) is 6.79. The lowest BCUT2D eigenvalue weighted by atomic mass is 10.1. The first kappa shape index (κ1) is 22.3. The number of hydrogen-bond acceptors (Lipinski definition) is 6. The number of esters is 1. The summed E-state index contributed by atoms with van der Waals surface area (Å²) in [5.41, 5.74) is 0.892. The molecule has 0 fully saturated rings. The van der Waals surface area contributed by atoms with Crippen LogP contribution in [0.25, 0.3) is 6.08 Å². The third kappa shape index (κ3) is 6.24. The first-order chi connectivity index (χ1) is 13.9. The fourth-order valence-corrected chi connectivity index (χ4v) is 3.17. The molecule has 2 rings (SSSR count). The Morgan fingerprint density at radius 1 is 1.24 bits per heavy atom. The number of hydrogen-bond donors (Lipinski definition) is 1. The summed E-state index contributed by atoms with van der Waals surface area (Å²) in [5.74, 6) is -0.238. The first-order valence-corrected chi connectivity index (χ1v) is 9.31. The highest BCUT2D eigenvalue weighted by atomic mass is 79.9. The fourth-order valence-electron chi connectivity index (χ4n) is 2.18. The molecule has 0 heterocycles. The van der Waals surface area contributed by atoms with Crippen LogP contribution in [0, 0.1) is 11.3 Å². The quantitative estimate of drug-likeness (QED) is 0.363. The smallest absolute Gasteiger partial charge is 0.343 e. The van der Waals surface area contributed by atoms with Gasteiger partial charge in [-0.3, -0.25) is 4.79 Å². The highest BCUT2D eigenvalue weighted by molar-refractivity contribution is 9.10. The van der Waals surface area contributed by atoms with Crippen molar-refractivity contribution >= 4 is 51.2 Å². The number of nitrogens with zero attached hydrogens (tertiary/aromatic N) is 1. The molecule has 0 bridgehead atoms. The van der Waals surface area contributed by atoms with Gasteiger partial charge >= 0.3 is 5.97 Å². The first-order valence-electron chi connectivity index (χ1n) is 8.13. The fraction of sp³-hybridized carbons (Fsp3) is 0.150. The summed E-state index contributed by atoms with van der Waals surface area (Å²) < 4.78 is 15.3. The van der Waals surface area contributed by atoms with Crippen LogP contribution in [0.4, 0.5) is 5.69 Å². The topological polar surface area (TPSA) is 97.7 Å². The maximum Gasteiger partial charge on any atom is 0.343 e. The van der Waals surface area contributed by atoms with Crippen LogP contribution in [0.1, 0.15) is 5.56 Å². The number of anilines is 1. The molecule has 150 valence electrons. The van der Waals surface area contributed by atoms with Gasteiger partial charge in [-0.15, -0.1) is 0 Å². The number of rotatable bonds is 7. The predicted octanol–water partition coefficient (Wildman–Crippen LogP) is 4.21. The van der Waals surface area contributed by atoms with E-state index in [2.05, 4.69) is 26.0 Å². The van der Waals surface area contributed by atoms with E-state index in [1.165, 1.54) is 19.3 Å². The van der Waals surface area contributed by atoms with E-state index in [0.29, 0.717) is 21.5 Å². The highest BCUT2D eigenvalue weighted by Gasteiger charge is 2.14. The number of carbonyl (C=O) groups excluding carboxylic acids is 2. The van der Waals surface area contributed by atoms with Crippen molar-refractivity contribution in [2.24, 2.45) is 0 Å². The molecule has 7 nitrogen and oxygen atoms in total. The number of methoxy groups -OCH3 is 2. The van der Waals surface area contributed by atoms with Gasteiger partial charge in [0.05, 0.1) is 23.7 Å². The average molecular weight is 480 g/mol. The van der Waals surface area contributed by atoms with Gasteiger partial charge in [-0.25, -0.2) is 4.79 Å². The number of benzene rings is 2. The van der Waals surface area contributed by atoms with E-state index in [1.807, 2.05) is 6.07 Å². The van der Waals surface area contributed by atoms with Gasteiger partial charge in [0.15, 0.2) is 12.4 Å². The van der Waals surface area contributed by atoms with Crippen LogP contribution in [0.2, 0.25) is 5.02 Å². The number of halogens is 2. The molecule has 0 spiro atoms. The Bertz CT molecular complexity index is 960. The van der Waals surface area contributed by atoms with E-state index in [9.17, 15) is 14.9 Å². The van der Waals surface area contributed by atoms with Crippen LogP contribution in [0.5, 0.6) is 11.5 Å². The molecule has 0 aliphatic heterocycles. The van der Waals surface area contributed by atoms with Crippen molar-refractivity contribution in [3.8, 4) is 17.6 Å². The number of ether oxygens (including phenoxy) is 3. The summed E-state index contributed by atoms with van der Waals surface area (Å²) in [6.45, 7) is -0.308. The molecule has 2 aromatic carbocycles. The molecule has 0 atom stereocenters. The Morgan fingerprint density at radius 3 is 2.48 bits per heavy atom. The van der Waals surface area contributed by atoms with Gasteiger partial charge in [0.1, 0.15) is 17.4 Å². The van der Waals surface area contributed by atoms with Crippen LogP contribution < -0.4 is 14.8 Å². The van der Waals surface area contributed by atoms with Crippen LogP contribution in [0.3, 0.4) is 0 Å². The van der Waals surface area contributed by atoms with Crippen molar-refractivity contribution < 1.29 is 23.8 Å². The zero-order valence-electron chi connectivity index (χ0n) is 15.5. The minimum absolute atomic E-state index is 0.119. The zero-order chi connectivity index (χ0) is 21.4. The number of nitriles is 1. The van der Waals surface area contributed by atoms with Gasteiger partial charge in [-0.05, 0) is 64.0 Å². The van der Waals surface area contributed by atoms with Crippen molar-refractivity contribution in [3.05, 3.63) is 57.0 Å². The average Bonchev–Trinajstić information content (AvgIpc) is 2.71. The van der Waals surface area contributed by atoms with E-state index in [1.54, 1.807) is 37.4 Å². The van der Waals surface area contributed by atoms with Crippen molar-refractivity contribution in [3.63, 3.8) is 0 Å². The van der Waals surface area contributed by atoms with Crippen LogP contribution in [-0.2, 0) is 14.3 Å². The summed E-state index contributed by atoms with van der Waals surface area (Å²) in [7, 11) is 2.79. The second-order valence-electron chi connectivity index (χ2n) is 5.53. The molecule has 0 aliphatic rings. The zero-order valence-corrected chi connectivity index (χ0v) is 17.8. The monoisotopic (exact) mass is 478 g/mol. The summed E-state index contributed by atoms with van der Waals surface area (Å²) >= 11 is 9.49. The molecule has 0 unspecified atom stereocenters. The number of amides is 1. The standard InChI is InChI=1S/C20H16BrClN2O5/c1-27-15-5-3-14(4-6-15)24-20(26)13(10-23)7-12-8-16(21)19(17(22)9-12)29-11-18(25)28-2/h3-9H,11H2,1-2H3,(H,24,26)/b13-7-. The minimum atomic E-state index is -0.573. The van der Waals surface area contributed by atoms with Crippen molar-refractivity contribution in [2.45, 2.75) is 0 Å². The normalized spacial score (nSPS) is 10.7. The second kappa shape index (κ2) is 10.5. The molecule has 2 aromatic rings. The molecule has 0 aromatic heterocycles. The van der Waals surface area contributed by atoms with Crippen molar-refractivity contribution in [1.82, 2.24) is 0 Å². The maximum atomic E-state index is 12.4. The van der Waals surface area contributed by atoms with Gasteiger partial charge in [-0.1, -0.05) is 11.6 Å². The summed E-state index contributed by atoms with van der Waals surface area (Å²) in [5, 5.41) is 12.2. The SMILES string of the molecule is COC(=O)COc1c(Cl)cc(/C=C(/C#N)C(=O)Nc2ccc(OC)cc2)cc1Br. The molecule has 0 saturated carbocycles. The Balaban J connectivity index is 2.19. The summed E-state index contributed by atoms with van der Waals surface area (Å²) in [6.07, 6.45) is 1.39. The summed E-state index contributed by atoms with van der Waals surface area (Å²) in [6, 6.07) is 11.7. The molecule has 0 aliphatic carbocycles. The molecular formula is C20H16BrClN2O5. The Hall–Kier alpha value is -3.02. The van der Waals surface area contributed by atoms with Crippen LogP contribution >= 0.6 is 27.5 Å². The van der Waals surface area contributed by atoms with E-state index in [0.717, 1.165) is 0 Å². The molecule has 0 radical (unpaired) electrons. The van der Waals surface area contributed by atoms with Crippen molar-refractivity contribution in [1.29, 1.82) is 5.26 Å². The van der Waals surface area contributed by atoms with E-state index in [4.69, 9.17) is 21.1 Å². The molecular weight excluding hydrogens is 464 g/mol. The van der Waals surface area contributed by atoms with Gasteiger partial charge in [0, 0.05) is 5.69 Å². The number of nitrogens with one attached hydrogen (secondary N) is 1. The molecule has 1 N–H and O–H groups in total. The third-order valence-electron chi connectivity index (χ3n) is 3.61. The maximum absolute atomic E-state index is 12.4. The lowest BCUT2D eigenvalue weighted by molar-refractivity contribution is -0.142. The highest BCUT2D eigenvalue weighted by Crippen LogP contribution is 2.35. The van der Waals surface area contributed by atoms with Gasteiger partial charge in [0.2, 0.25) is 0 Å². The largest absolute Gasteiger partial charge is 0.497 e. The molecule has 9 heteroatoms. The van der Waals surface area contributed by atoms with E-state index < -0.39 is 11.9 Å². The third-order valence-corrected chi connectivity index (χ3v) is 4.48. The van der Waals surface area contributed by atoms with Gasteiger partial charge in [-0.2, -0.15) is 5.26 Å². The lowest BCUT2D eigenvalue weighted by Gasteiger charge is -2.10. The number of carbonyl (C=O) groups is 2. The Morgan fingerprint density at radius 2 is 1.93 bits per heavy atom. The van der Waals surface area contributed by atoms with E-state index >= 15 is 0 Å². The van der Waals surface area contributed by atoms with Gasteiger partial charge in [0.25, 0.3) is 5.91 Å². The predicted molar refractivity (Wildman–Crippen MR) is 112 cm³/mol.